The minimum Gasteiger partial charge on any atom is -0.454 e. The maximum atomic E-state index is 12.4. The second-order valence-corrected chi connectivity index (χ2v) is 6.57. The maximum absolute atomic E-state index is 12.4. The van der Waals surface area contributed by atoms with Crippen LogP contribution in [0.25, 0.3) is 10.9 Å². The molecular formula is C21H18N2O6. The first-order valence-corrected chi connectivity index (χ1v) is 8.99. The van der Waals surface area contributed by atoms with E-state index >= 15 is 0 Å². The molecule has 0 aliphatic carbocycles. The molecule has 0 saturated heterocycles. The van der Waals surface area contributed by atoms with E-state index < -0.39 is 24.0 Å². The van der Waals surface area contributed by atoms with E-state index in [1.807, 2.05) is 13.0 Å². The fraction of sp³-hybridized carbons (Fsp3) is 0.190. The Balaban J connectivity index is 1.40. The molecule has 4 rings (SSSR count). The molecule has 3 aromatic rings. The number of carbonyl (C=O) groups excluding carboxylic acids is 2. The normalized spacial score (nSPS) is 13.1. The molecule has 0 radical (unpaired) electrons. The summed E-state index contributed by atoms with van der Waals surface area (Å²) in [5.74, 6) is 0.0818. The molecule has 1 aliphatic rings. The molecule has 29 heavy (non-hydrogen) atoms. The number of amides is 1. The molecule has 1 amide bonds. The standard InChI is InChI=1S/C21H18N2O6/c1-12(13-6-7-17-18(8-13)29-11-28-17)22-20(25)10-27-21(26)15-9-19(24)23-16-5-3-2-4-14(15)16/h2-9,12H,10-11H2,1H3,(H,22,25)(H,23,24). The molecule has 1 aromatic heterocycles. The maximum Gasteiger partial charge on any atom is 0.339 e. The number of hydrogen-bond acceptors (Lipinski definition) is 6. The van der Waals surface area contributed by atoms with E-state index in [4.69, 9.17) is 14.2 Å². The van der Waals surface area contributed by atoms with Crippen LogP contribution in [0.15, 0.2) is 53.3 Å². The third kappa shape index (κ3) is 3.91. The Morgan fingerprint density at radius 2 is 1.93 bits per heavy atom. The van der Waals surface area contributed by atoms with E-state index in [2.05, 4.69) is 10.3 Å². The predicted octanol–water partition coefficient (Wildman–Crippen LogP) is 2.29. The molecule has 0 spiro atoms. The zero-order chi connectivity index (χ0) is 20.4. The Kier molecular flexibility index (Phi) is 4.90. The zero-order valence-corrected chi connectivity index (χ0v) is 15.6. The van der Waals surface area contributed by atoms with Crippen molar-refractivity contribution in [2.75, 3.05) is 13.4 Å². The second kappa shape index (κ2) is 7.67. The van der Waals surface area contributed by atoms with E-state index in [9.17, 15) is 14.4 Å². The Hall–Kier alpha value is -3.81. The topological polar surface area (TPSA) is 107 Å². The summed E-state index contributed by atoms with van der Waals surface area (Å²) in [6.07, 6.45) is 0. The molecule has 2 N–H and O–H groups in total. The van der Waals surface area contributed by atoms with Gasteiger partial charge in [0.2, 0.25) is 12.4 Å². The van der Waals surface area contributed by atoms with Crippen LogP contribution in [-0.4, -0.2) is 30.3 Å². The largest absolute Gasteiger partial charge is 0.454 e. The average molecular weight is 394 g/mol. The number of para-hydroxylation sites is 1. The van der Waals surface area contributed by atoms with Crippen molar-refractivity contribution in [3.63, 3.8) is 0 Å². The molecule has 0 bridgehead atoms. The van der Waals surface area contributed by atoms with Crippen molar-refractivity contribution < 1.29 is 23.8 Å². The highest BCUT2D eigenvalue weighted by Crippen LogP contribution is 2.34. The van der Waals surface area contributed by atoms with Gasteiger partial charge in [-0.2, -0.15) is 0 Å². The Morgan fingerprint density at radius 3 is 2.79 bits per heavy atom. The number of rotatable bonds is 5. The highest BCUT2D eigenvalue weighted by atomic mass is 16.7. The Morgan fingerprint density at radius 1 is 1.14 bits per heavy atom. The third-order valence-corrected chi connectivity index (χ3v) is 4.58. The van der Waals surface area contributed by atoms with Gasteiger partial charge < -0.3 is 24.5 Å². The van der Waals surface area contributed by atoms with Crippen LogP contribution in [0.5, 0.6) is 11.5 Å². The number of aromatic nitrogens is 1. The number of esters is 1. The van der Waals surface area contributed by atoms with Crippen molar-refractivity contribution in [2.24, 2.45) is 0 Å². The minimum atomic E-state index is -0.738. The van der Waals surface area contributed by atoms with Crippen LogP contribution in [0.4, 0.5) is 0 Å². The molecule has 1 aliphatic heterocycles. The lowest BCUT2D eigenvalue weighted by molar-refractivity contribution is -0.124. The summed E-state index contributed by atoms with van der Waals surface area (Å²) in [6.45, 7) is 1.52. The predicted molar refractivity (Wildman–Crippen MR) is 104 cm³/mol. The van der Waals surface area contributed by atoms with Crippen LogP contribution >= 0.6 is 0 Å². The second-order valence-electron chi connectivity index (χ2n) is 6.57. The van der Waals surface area contributed by atoms with Crippen LogP contribution in [-0.2, 0) is 9.53 Å². The number of pyridine rings is 1. The number of fused-ring (bicyclic) bond motifs is 2. The molecule has 0 fully saturated rings. The first kappa shape index (κ1) is 18.5. The van der Waals surface area contributed by atoms with E-state index in [0.717, 1.165) is 11.6 Å². The lowest BCUT2D eigenvalue weighted by Crippen LogP contribution is -2.31. The summed E-state index contributed by atoms with van der Waals surface area (Å²) in [6, 6.07) is 13.1. The van der Waals surface area contributed by atoms with E-state index in [1.54, 1.807) is 36.4 Å². The fourth-order valence-electron chi connectivity index (χ4n) is 3.13. The lowest BCUT2D eigenvalue weighted by atomic mass is 10.1. The molecule has 2 heterocycles. The summed E-state index contributed by atoms with van der Waals surface area (Å²) in [7, 11) is 0. The average Bonchev–Trinajstić information content (AvgIpc) is 3.19. The smallest absolute Gasteiger partial charge is 0.339 e. The van der Waals surface area contributed by atoms with Crippen molar-refractivity contribution in [2.45, 2.75) is 13.0 Å². The minimum absolute atomic E-state index is 0.112. The Bertz CT molecular complexity index is 1150. The lowest BCUT2D eigenvalue weighted by Gasteiger charge is -2.15. The van der Waals surface area contributed by atoms with Gasteiger partial charge in [0, 0.05) is 17.0 Å². The van der Waals surface area contributed by atoms with Gasteiger partial charge >= 0.3 is 5.97 Å². The van der Waals surface area contributed by atoms with Crippen LogP contribution in [0.3, 0.4) is 0 Å². The number of aromatic amines is 1. The molecular weight excluding hydrogens is 376 g/mol. The summed E-state index contributed by atoms with van der Waals surface area (Å²) >= 11 is 0. The highest BCUT2D eigenvalue weighted by molar-refractivity contribution is 6.03. The number of H-pyrrole nitrogens is 1. The van der Waals surface area contributed by atoms with E-state index in [0.29, 0.717) is 22.4 Å². The van der Waals surface area contributed by atoms with Gasteiger partial charge in [0.15, 0.2) is 18.1 Å². The molecule has 8 nitrogen and oxygen atoms in total. The van der Waals surface area contributed by atoms with Crippen LogP contribution in [0.1, 0.15) is 28.9 Å². The highest BCUT2D eigenvalue weighted by Gasteiger charge is 2.18. The van der Waals surface area contributed by atoms with Crippen molar-refractivity contribution in [3.8, 4) is 11.5 Å². The van der Waals surface area contributed by atoms with Crippen molar-refractivity contribution >= 4 is 22.8 Å². The van der Waals surface area contributed by atoms with Crippen molar-refractivity contribution in [1.82, 2.24) is 10.3 Å². The first-order chi connectivity index (χ1) is 14.0. The van der Waals surface area contributed by atoms with Gasteiger partial charge in [0.05, 0.1) is 11.6 Å². The molecule has 0 saturated carbocycles. The summed E-state index contributed by atoms with van der Waals surface area (Å²) in [5, 5.41) is 3.31. The fourth-order valence-corrected chi connectivity index (χ4v) is 3.13. The number of ether oxygens (including phenoxy) is 3. The van der Waals surface area contributed by atoms with Crippen LogP contribution in [0.2, 0.25) is 0 Å². The van der Waals surface area contributed by atoms with Crippen LogP contribution in [0, 0.1) is 0 Å². The van der Waals surface area contributed by atoms with Gasteiger partial charge in [0.1, 0.15) is 0 Å². The number of nitrogens with one attached hydrogen (secondary N) is 2. The van der Waals surface area contributed by atoms with Gasteiger partial charge in [-0.1, -0.05) is 24.3 Å². The molecule has 148 valence electrons. The monoisotopic (exact) mass is 394 g/mol. The van der Waals surface area contributed by atoms with Gasteiger partial charge in [-0.05, 0) is 30.7 Å². The summed E-state index contributed by atoms with van der Waals surface area (Å²) in [5.41, 5.74) is 1.04. The van der Waals surface area contributed by atoms with Crippen molar-refractivity contribution in [3.05, 3.63) is 70.0 Å². The third-order valence-electron chi connectivity index (χ3n) is 4.58. The number of benzene rings is 2. The number of carbonyl (C=O) groups is 2. The summed E-state index contributed by atoms with van der Waals surface area (Å²) < 4.78 is 15.7. The van der Waals surface area contributed by atoms with Gasteiger partial charge in [-0.25, -0.2) is 4.79 Å². The van der Waals surface area contributed by atoms with Crippen molar-refractivity contribution in [1.29, 1.82) is 0 Å². The van der Waals surface area contributed by atoms with E-state index in [1.165, 1.54) is 0 Å². The van der Waals surface area contributed by atoms with Crippen LogP contribution < -0.4 is 20.3 Å². The Labute approximate surface area is 165 Å². The quantitative estimate of drug-likeness (QED) is 0.643. The first-order valence-electron chi connectivity index (χ1n) is 8.99. The number of hydrogen-bond donors (Lipinski definition) is 2. The zero-order valence-electron chi connectivity index (χ0n) is 15.6. The van der Waals surface area contributed by atoms with Gasteiger partial charge in [0.25, 0.3) is 5.91 Å². The summed E-state index contributed by atoms with van der Waals surface area (Å²) in [4.78, 5) is 39.0. The molecule has 2 aromatic carbocycles. The molecule has 8 heteroatoms. The molecule has 1 atom stereocenters. The molecule has 1 unspecified atom stereocenters. The van der Waals surface area contributed by atoms with E-state index in [-0.39, 0.29) is 18.4 Å². The SMILES string of the molecule is CC(NC(=O)COC(=O)c1cc(=O)[nH]c2ccccc12)c1ccc2c(c1)OCO2. The van der Waals surface area contributed by atoms with Gasteiger partial charge in [-0.15, -0.1) is 0 Å². The van der Waals surface area contributed by atoms with Gasteiger partial charge in [-0.3, -0.25) is 9.59 Å².